The van der Waals surface area contributed by atoms with Crippen LogP contribution in [0.15, 0.2) is 24.3 Å². The molecule has 0 aliphatic heterocycles. The van der Waals surface area contributed by atoms with Gasteiger partial charge in [-0.05, 0) is 32.9 Å². The standard InChI is InChI=1S/C14H19ClN2O2/c1-14(2,3)19-13(18)17-9-5-6-10-11(15)7-4-8-12(10)16/h4-8H,9,16H2,1-3H3,(H,17,18). The zero-order valence-corrected chi connectivity index (χ0v) is 12.1. The van der Waals surface area contributed by atoms with Gasteiger partial charge in [0.15, 0.2) is 0 Å². The van der Waals surface area contributed by atoms with Crippen LogP contribution in [-0.4, -0.2) is 18.2 Å². The molecule has 1 aromatic carbocycles. The lowest BCUT2D eigenvalue weighted by Gasteiger charge is -2.19. The van der Waals surface area contributed by atoms with Crippen molar-refractivity contribution < 1.29 is 9.53 Å². The SMILES string of the molecule is CC(C)(C)OC(=O)NCC=Cc1c(N)cccc1Cl. The van der Waals surface area contributed by atoms with Crippen molar-refractivity contribution in [2.75, 3.05) is 12.3 Å². The Bertz CT molecular complexity index is 459. The molecule has 0 unspecified atom stereocenters. The molecule has 19 heavy (non-hydrogen) atoms. The molecule has 0 fully saturated rings. The number of carbonyl (C=O) groups is 1. The first-order valence-electron chi connectivity index (χ1n) is 5.97. The number of nitrogens with two attached hydrogens (primary N) is 1. The van der Waals surface area contributed by atoms with E-state index in [4.69, 9.17) is 22.1 Å². The molecule has 0 heterocycles. The number of halogens is 1. The third-order valence-corrected chi connectivity index (χ3v) is 2.46. The van der Waals surface area contributed by atoms with Crippen molar-refractivity contribution >= 4 is 29.5 Å². The number of nitrogen functional groups attached to an aromatic ring is 1. The fraction of sp³-hybridized carbons (Fsp3) is 0.357. The summed E-state index contributed by atoms with van der Waals surface area (Å²) in [7, 11) is 0. The van der Waals surface area contributed by atoms with E-state index in [1.54, 1.807) is 30.4 Å². The summed E-state index contributed by atoms with van der Waals surface area (Å²) in [6.07, 6.45) is 3.08. The molecular weight excluding hydrogens is 264 g/mol. The number of rotatable bonds is 3. The summed E-state index contributed by atoms with van der Waals surface area (Å²) >= 11 is 6.01. The first kappa shape index (κ1) is 15.4. The van der Waals surface area contributed by atoms with Crippen LogP contribution in [0.5, 0.6) is 0 Å². The highest BCUT2D eigenvalue weighted by molar-refractivity contribution is 6.32. The van der Waals surface area contributed by atoms with E-state index in [1.165, 1.54) is 0 Å². The second-order valence-corrected chi connectivity index (χ2v) is 5.44. The van der Waals surface area contributed by atoms with E-state index in [0.717, 1.165) is 5.56 Å². The lowest BCUT2D eigenvalue weighted by atomic mass is 10.1. The Morgan fingerprint density at radius 2 is 2.16 bits per heavy atom. The molecule has 0 aliphatic rings. The molecule has 4 nitrogen and oxygen atoms in total. The molecule has 1 rings (SSSR count). The van der Waals surface area contributed by atoms with Crippen molar-refractivity contribution in [3.63, 3.8) is 0 Å². The van der Waals surface area contributed by atoms with Crippen molar-refractivity contribution in [3.05, 3.63) is 34.9 Å². The molecule has 0 radical (unpaired) electrons. The smallest absolute Gasteiger partial charge is 0.407 e. The molecule has 0 aromatic heterocycles. The highest BCUT2D eigenvalue weighted by Gasteiger charge is 2.14. The number of anilines is 1. The molecule has 1 aromatic rings. The summed E-state index contributed by atoms with van der Waals surface area (Å²) in [5, 5.41) is 3.19. The van der Waals surface area contributed by atoms with Crippen LogP contribution in [0.1, 0.15) is 26.3 Å². The Morgan fingerprint density at radius 3 is 2.74 bits per heavy atom. The highest BCUT2D eigenvalue weighted by atomic mass is 35.5. The molecule has 0 saturated heterocycles. The summed E-state index contributed by atoms with van der Waals surface area (Å²) in [5.74, 6) is 0. The van der Waals surface area contributed by atoms with Crippen molar-refractivity contribution in [1.29, 1.82) is 0 Å². The summed E-state index contributed by atoms with van der Waals surface area (Å²) in [6.45, 7) is 5.78. The van der Waals surface area contributed by atoms with Gasteiger partial charge in [-0.15, -0.1) is 0 Å². The first-order chi connectivity index (χ1) is 8.79. The number of hydrogen-bond acceptors (Lipinski definition) is 3. The largest absolute Gasteiger partial charge is 0.444 e. The van der Waals surface area contributed by atoms with Crippen LogP contribution in [0.4, 0.5) is 10.5 Å². The van der Waals surface area contributed by atoms with Crippen LogP contribution in [0.25, 0.3) is 6.08 Å². The van der Waals surface area contributed by atoms with E-state index in [2.05, 4.69) is 5.32 Å². The van der Waals surface area contributed by atoms with Crippen molar-refractivity contribution in [1.82, 2.24) is 5.32 Å². The van der Waals surface area contributed by atoms with Crippen LogP contribution >= 0.6 is 11.6 Å². The monoisotopic (exact) mass is 282 g/mol. The number of alkyl carbamates (subject to hydrolysis) is 1. The van der Waals surface area contributed by atoms with Gasteiger partial charge in [0.05, 0.1) is 0 Å². The van der Waals surface area contributed by atoms with Gasteiger partial charge in [0.1, 0.15) is 5.60 Å². The van der Waals surface area contributed by atoms with Gasteiger partial charge in [-0.1, -0.05) is 29.8 Å². The number of amides is 1. The fourth-order valence-corrected chi connectivity index (χ4v) is 1.61. The molecule has 0 atom stereocenters. The topological polar surface area (TPSA) is 64.3 Å². The number of ether oxygens (including phenoxy) is 1. The molecule has 5 heteroatoms. The van der Waals surface area contributed by atoms with E-state index in [-0.39, 0.29) is 0 Å². The molecule has 104 valence electrons. The van der Waals surface area contributed by atoms with Gasteiger partial charge >= 0.3 is 6.09 Å². The normalized spacial score (nSPS) is 11.6. The van der Waals surface area contributed by atoms with Crippen LogP contribution in [-0.2, 0) is 4.74 Å². The Labute approximate surface area is 118 Å². The van der Waals surface area contributed by atoms with Gasteiger partial charge in [0.2, 0.25) is 0 Å². The summed E-state index contributed by atoms with van der Waals surface area (Å²) in [6, 6.07) is 5.32. The average molecular weight is 283 g/mol. The fourth-order valence-electron chi connectivity index (χ4n) is 1.36. The maximum atomic E-state index is 11.4. The van der Waals surface area contributed by atoms with Gasteiger partial charge < -0.3 is 15.8 Å². The van der Waals surface area contributed by atoms with Crippen molar-refractivity contribution in [2.45, 2.75) is 26.4 Å². The van der Waals surface area contributed by atoms with Gasteiger partial charge in [0.25, 0.3) is 0 Å². The summed E-state index contributed by atoms with van der Waals surface area (Å²) < 4.78 is 5.10. The Kier molecular flexibility index (Phi) is 5.24. The minimum absolute atomic E-state index is 0.347. The predicted octanol–water partition coefficient (Wildman–Crippen LogP) is 3.46. The lowest BCUT2D eigenvalue weighted by molar-refractivity contribution is 0.0534. The molecule has 0 aliphatic carbocycles. The third-order valence-electron chi connectivity index (χ3n) is 2.13. The van der Waals surface area contributed by atoms with Gasteiger partial charge in [-0.25, -0.2) is 4.79 Å². The molecule has 0 bridgehead atoms. The highest BCUT2D eigenvalue weighted by Crippen LogP contribution is 2.22. The van der Waals surface area contributed by atoms with E-state index >= 15 is 0 Å². The van der Waals surface area contributed by atoms with Crippen LogP contribution in [0.2, 0.25) is 5.02 Å². The average Bonchev–Trinajstić information content (AvgIpc) is 2.25. The maximum Gasteiger partial charge on any atom is 0.407 e. The second-order valence-electron chi connectivity index (χ2n) is 5.03. The second kappa shape index (κ2) is 6.48. The van der Waals surface area contributed by atoms with Crippen LogP contribution in [0.3, 0.4) is 0 Å². The van der Waals surface area contributed by atoms with E-state index < -0.39 is 11.7 Å². The molecular formula is C14H19ClN2O2. The Balaban J connectivity index is 2.49. The van der Waals surface area contributed by atoms with Crippen molar-refractivity contribution in [2.24, 2.45) is 0 Å². The van der Waals surface area contributed by atoms with E-state index in [9.17, 15) is 4.79 Å². The molecule has 1 amide bonds. The lowest BCUT2D eigenvalue weighted by Crippen LogP contribution is -2.32. The Hall–Kier alpha value is -1.68. The quantitative estimate of drug-likeness (QED) is 0.835. The zero-order valence-electron chi connectivity index (χ0n) is 11.4. The van der Waals surface area contributed by atoms with E-state index in [0.29, 0.717) is 17.3 Å². The number of benzene rings is 1. The van der Waals surface area contributed by atoms with Crippen LogP contribution < -0.4 is 11.1 Å². The van der Waals surface area contributed by atoms with Gasteiger partial charge in [0, 0.05) is 22.8 Å². The zero-order chi connectivity index (χ0) is 14.5. The molecule has 0 saturated carbocycles. The van der Waals surface area contributed by atoms with Gasteiger partial charge in [-0.2, -0.15) is 0 Å². The first-order valence-corrected chi connectivity index (χ1v) is 6.35. The minimum atomic E-state index is -0.499. The number of hydrogen-bond donors (Lipinski definition) is 2. The number of carbonyl (C=O) groups excluding carboxylic acids is 1. The molecule has 0 spiro atoms. The third kappa shape index (κ3) is 5.66. The predicted molar refractivity (Wildman–Crippen MR) is 79.1 cm³/mol. The summed E-state index contributed by atoms with van der Waals surface area (Å²) in [4.78, 5) is 11.4. The number of nitrogens with one attached hydrogen (secondary N) is 1. The van der Waals surface area contributed by atoms with Crippen molar-refractivity contribution in [3.8, 4) is 0 Å². The van der Waals surface area contributed by atoms with Gasteiger partial charge in [-0.3, -0.25) is 0 Å². The Morgan fingerprint density at radius 1 is 1.47 bits per heavy atom. The molecule has 3 N–H and O–H groups in total. The van der Waals surface area contributed by atoms with E-state index in [1.807, 2.05) is 20.8 Å². The maximum absolute atomic E-state index is 11.4. The minimum Gasteiger partial charge on any atom is -0.444 e. The summed E-state index contributed by atoms with van der Waals surface area (Å²) in [5.41, 5.74) is 6.64. The van der Waals surface area contributed by atoms with Crippen LogP contribution in [0, 0.1) is 0 Å².